The second-order valence-corrected chi connectivity index (χ2v) is 4.59. The quantitative estimate of drug-likeness (QED) is 0.800. The Kier molecular flexibility index (Phi) is 3.24. The third-order valence-corrected chi connectivity index (χ3v) is 2.92. The van der Waals surface area contributed by atoms with Gasteiger partial charge in [0.1, 0.15) is 0 Å². The molecule has 0 aliphatic heterocycles. The van der Waals surface area contributed by atoms with Crippen LogP contribution in [-0.2, 0) is 6.42 Å². The molecule has 2 aromatic rings. The van der Waals surface area contributed by atoms with Crippen LogP contribution in [0.3, 0.4) is 0 Å². The van der Waals surface area contributed by atoms with Gasteiger partial charge in [-0.3, -0.25) is 9.78 Å². The average Bonchev–Trinajstić information content (AvgIpc) is 2.23. The van der Waals surface area contributed by atoms with Crippen LogP contribution < -0.4 is 5.56 Å². The van der Waals surface area contributed by atoms with E-state index in [1.807, 2.05) is 32.0 Å². The second kappa shape index (κ2) is 4.67. The van der Waals surface area contributed by atoms with Crippen molar-refractivity contribution in [2.24, 2.45) is 0 Å². The number of benzene rings is 1. The third kappa shape index (κ3) is 2.71. The van der Waals surface area contributed by atoms with Crippen LogP contribution in [-0.4, -0.2) is 9.97 Å². The molecule has 0 saturated carbocycles. The van der Waals surface area contributed by atoms with Gasteiger partial charge in [0, 0.05) is 17.7 Å². The van der Waals surface area contributed by atoms with Gasteiger partial charge in [0.2, 0.25) is 0 Å². The first kappa shape index (κ1) is 11.8. The van der Waals surface area contributed by atoms with Crippen LogP contribution in [0.4, 0.5) is 0 Å². The summed E-state index contributed by atoms with van der Waals surface area (Å²) < 4.78 is 0.375. The molecule has 0 aliphatic rings. The fraction of sp³-hybridized carbons (Fsp3) is 0.231. The van der Waals surface area contributed by atoms with Crippen molar-refractivity contribution < 1.29 is 0 Å². The van der Waals surface area contributed by atoms with E-state index in [4.69, 9.17) is 12.2 Å². The van der Waals surface area contributed by atoms with Gasteiger partial charge in [-0.25, -0.2) is 0 Å². The highest BCUT2D eigenvalue weighted by Crippen LogP contribution is 2.10. The summed E-state index contributed by atoms with van der Waals surface area (Å²) in [6, 6.07) is 8.15. The number of hydrogen-bond acceptors (Lipinski definition) is 2. The molecule has 3 nitrogen and oxygen atoms in total. The molecule has 0 fully saturated rings. The van der Waals surface area contributed by atoms with Crippen molar-refractivity contribution in [2.45, 2.75) is 20.3 Å². The molecule has 17 heavy (non-hydrogen) atoms. The van der Waals surface area contributed by atoms with Crippen LogP contribution in [0.1, 0.15) is 22.4 Å². The van der Waals surface area contributed by atoms with Crippen molar-refractivity contribution in [2.75, 3.05) is 0 Å². The number of aromatic amines is 2. The summed E-state index contributed by atoms with van der Waals surface area (Å²) in [5.74, 6) is 0. The van der Waals surface area contributed by atoms with Gasteiger partial charge in [-0.15, -0.1) is 0 Å². The van der Waals surface area contributed by atoms with E-state index in [0.717, 1.165) is 16.8 Å². The van der Waals surface area contributed by atoms with Gasteiger partial charge in [0.05, 0.1) is 0 Å². The number of rotatable bonds is 2. The Bertz CT molecular complexity index is 655. The van der Waals surface area contributed by atoms with E-state index in [0.29, 0.717) is 11.2 Å². The summed E-state index contributed by atoms with van der Waals surface area (Å²) in [5.41, 5.74) is 3.79. The van der Waals surface area contributed by atoms with E-state index in [-0.39, 0.29) is 5.56 Å². The molecule has 4 heteroatoms. The first-order valence-corrected chi connectivity index (χ1v) is 5.84. The predicted molar refractivity (Wildman–Crippen MR) is 71.0 cm³/mol. The number of aromatic nitrogens is 2. The summed E-state index contributed by atoms with van der Waals surface area (Å²) in [7, 11) is 0. The van der Waals surface area contributed by atoms with Gasteiger partial charge in [-0.1, -0.05) is 29.8 Å². The molecule has 88 valence electrons. The van der Waals surface area contributed by atoms with Gasteiger partial charge in [-0.05, 0) is 31.6 Å². The maximum Gasteiger partial charge on any atom is 0.255 e. The van der Waals surface area contributed by atoms with Gasteiger partial charge in [-0.2, -0.15) is 0 Å². The lowest BCUT2D eigenvalue weighted by molar-refractivity contribution is 0.962. The molecule has 2 N–H and O–H groups in total. The lowest BCUT2D eigenvalue weighted by Crippen LogP contribution is -2.16. The molecule has 0 bridgehead atoms. The lowest BCUT2D eigenvalue weighted by atomic mass is 10.0. The fourth-order valence-electron chi connectivity index (χ4n) is 1.86. The molecule has 0 radical (unpaired) electrons. The van der Waals surface area contributed by atoms with Crippen LogP contribution in [0.15, 0.2) is 29.1 Å². The number of nitrogens with one attached hydrogen (secondary N) is 2. The van der Waals surface area contributed by atoms with Crippen LogP contribution in [0.2, 0.25) is 0 Å². The maximum absolute atomic E-state index is 11.8. The van der Waals surface area contributed by atoms with Gasteiger partial charge in [0.25, 0.3) is 5.56 Å². The Morgan fingerprint density at radius 1 is 1.24 bits per heavy atom. The number of aryl methyl sites for hydroxylation is 2. The van der Waals surface area contributed by atoms with Crippen LogP contribution >= 0.6 is 12.2 Å². The SMILES string of the molecule is Cc1cccc(Cc2c(C)[nH]c(=S)[nH]c2=O)c1. The molecule has 1 aromatic carbocycles. The Morgan fingerprint density at radius 2 is 2.00 bits per heavy atom. The van der Waals surface area contributed by atoms with E-state index in [2.05, 4.69) is 16.0 Å². The Labute approximate surface area is 105 Å². The van der Waals surface area contributed by atoms with Gasteiger partial charge >= 0.3 is 0 Å². The zero-order valence-electron chi connectivity index (χ0n) is 9.83. The number of H-pyrrole nitrogens is 2. The summed E-state index contributed by atoms with van der Waals surface area (Å²) in [6.45, 7) is 3.91. The Hall–Kier alpha value is -1.68. The molecule has 0 unspecified atom stereocenters. The van der Waals surface area contributed by atoms with Crippen molar-refractivity contribution in [3.8, 4) is 0 Å². The minimum Gasteiger partial charge on any atom is -0.336 e. The largest absolute Gasteiger partial charge is 0.336 e. The molecule has 0 atom stereocenters. The standard InChI is InChI=1S/C13H14N2OS/c1-8-4-3-5-10(6-8)7-11-9(2)14-13(17)15-12(11)16/h3-6H,7H2,1-2H3,(H2,14,15,16,17). The highest BCUT2D eigenvalue weighted by Gasteiger charge is 2.05. The van der Waals surface area contributed by atoms with Crippen LogP contribution in [0.25, 0.3) is 0 Å². The average molecular weight is 246 g/mol. The highest BCUT2D eigenvalue weighted by molar-refractivity contribution is 7.71. The summed E-state index contributed by atoms with van der Waals surface area (Å²) in [5, 5.41) is 0. The van der Waals surface area contributed by atoms with Crippen molar-refractivity contribution in [1.29, 1.82) is 0 Å². The predicted octanol–water partition coefficient (Wildman–Crippen LogP) is 2.64. The molecule has 0 spiro atoms. The number of hydrogen-bond donors (Lipinski definition) is 2. The van der Waals surface area contributed by atoms with Crippen LogP contribution in [0.5, 0.6) is 0 Å². The molecule has 1 aromatic heterocycles. The smallest absolute Gasteiger partial charge is 0.255 e. The van der Waals surface area contributed by atoms with E-state index in [9.17, 15) is 4.79 Å². The zero-order valence-corrected chi connectivity index (χ0v) is 10.6. The Balaban J connectivity index is 2.43. The molecule has 1 heterocycles. The Morgan fingerprint density at radius 3 is 2.65 bits per heavy atom. The van der Waals surface area contributed by atoms with E-state index < -0.39 is 0 Å². The molecular weight excluding hydrogens is 232 g/mol. The zero-order chi connectivity index (χ0) is 12.4. The topological polar surface area (TPSA) is 48.6 Å². The van der Waals surface area contributed by atoms with E-state index in [1.54, 1.807) is 0 Å². The lowest BCUT2D eigenvalue weighted by Gasteiger charge is -2.05. The minimum absolute atomic E-state index is 0.104. The fourth-order valence-corrected chi connectivity index (χ4v) is 2.11. The van der Waals surface area contributed by atoms with Gasteiger partial charge in [0.15, 0.2) is 4.77 Å². The van der Waals surface area contributed by atoms with E-state index >= 15 is 0 Å². The summed E-state index contributed by atoms with van der Waals surface area (Å²) in [6.07, 6.45) is 0.620. The van der Waals surface area contributed by atoms with Crippen molar-refractivity contribution >= 4 is 12.2 Å². The molecule has 0 amide bonds. The summed E-state index contributed by atoms with van der Waals surface area (Å²) >= 11 is 4.92. The second-order valence-electron chi connectivity index (χ2n) is 4.18. The normalized spacial score (nSPS) is 10.5. The monoisotopic (exact) mass is 246 g/mol. The van der Waals surface area contributed by atoms with E-state index in [1.165, 1.54) is 5.56 Å². The van der Waals surface area contributed by atoms with Crippen molar-refractivity contribution in [3.05, 3.63) is 61.8 Å². The third-order valence-electron chi connectivity index (χ3n) is 2.72. The molecule has 2 rings (SSSR count). The molecular formula is C13H14N2OS. The maximum atomic E-state index is 11.8. The summed E-state index contributed by atoms with van der Waals surface area (Å²) in [4.78, 5) is 17.4. The molecule has 0 aliphatic carbocycles. The molecule has 0 saturated heterocycles. The first-order chi connectivity index (χ1) is 8.06. The highest BCUT2D eigenvalue weighted by atomic mass is 32.1. The van der Waals surface area contributed by atoms with Crippen molar-refractivity contribution in [1.82, 2.24) is 9.97 Å². The van der Waals surface area contributed by atoms with Gasteiger partial charge < -0.3 is 4.98 Å². The van der Waals surface area contributed by atoms with Crippen molar-refractivity contribution in [3.63, 3.8) is 0 Å². The van der Waals surface area contributed by atoms with Crippen LogP contribution in [0, 0.1) is 18.6 Å². The minimum atomic E-state index is -0.104. The first-order valence-electron chi connectivity index (χ1n) is 5.44.